The highest BCUT2D eigenvalue weighted by atomic mass is 16.5. The molecule has 6 heteroatoms. The van der Waals surface area contributed by atoms with E-state index in [1.54, 1.807) is 50.8 Å². The van der Waals surface area contributed by atoms with Crippen molar-refractivity contribution in [2.75, 3.05) is 13.7 Å². The largest absolute Gasteiger partial charge is 0.497 e. The Labute approximate surface area is 130 Å². The number of ether oxygens (including phenoxy) is 2. The van der Waals surface area contributed by atoms with Gasteiger partial charge in [0.15, 0.2) is 6.10 Å². The number of hydrogen-bond acceptors (Lipinski definition) is 4. The highest BCUT2D eigenvalue weighted by Crippen LogP contribution is 2.18. The molecule has 6 nitrogen and oxygen atoms in total. The van der Waals surface area contributed by atoms with Crippen LogP contribution in [-0.2, 0) is 11.3 Å². The standard InChI is InChI=1S/C16H21N3O3/c1-13(22-15-6-4-14(21-2)5-7-15)16(20)18-8-3-10-19-11-9-17-12-19/h4-7,9,11-13H,3,8,10H2,1-2H3,(H,18,20). The average molecular weight is 303 g/mol. The monoisotopic (exact) mass is 303 g/mol. The van der Waals surface area contributed by atoms with Crippen molar-refractivity contribution in [2.45, 2.75) is 26.0 Å². The molecule has 1 amide bonds. The number of hydrogen-bond donors (Lipinski definition) is 1. The molecule has 1 unspecified atom stereocenters. The Hall–Kier alpha value is -2.50. The molecule has 2 rings (SSSR count). The number of carbonyl (C=O) groups excluding carboxylic acids is 1. The maximum Gasteiger partial charge on any atom is 0.260 e. The smallest absolute Gasteiger partial charge is 0.260 e. The maximum atomic E-state index is 12.0. The predicted octanol–water partition coefficient (Wildman–Crippen LogP) is 1.87. The molecule has 0 fully saturated rings. The molecule has 0 saturated carbocycles. The second kappa shape index (κ2) is 8.07. The third-order valence-corrected chi connectivity index (χ3v) is 3.19. The van der Waals surface area contributed by atoms with Gasteiger partial charge in [0.2, 0.25) is 0 Å². The lowest BCUT2D eigenvalue weighted by Gasteiger charge is -2.15. The molecule has 0 aliphatic carbocycles. The van der Waals surface area contributed by atoms with Gasteiger partial charge in [-0.15, -0.1) is 0 Å². The van der Waals surface area contributed by atoms with Gasteiger partial charge in [-0.05, 0) is 37.6 Å². The summed E-state index contributed by atoms with van der Waals surface area (Å²) in [5.74, 6) is 1.27. The minimum absolute atomic E-state index is 0.124. The number of aromatic nitrogens is 2. The van der Waals surface area contributed by atoms with Gasteiger partial charge in [0.05, 0.1) is 13.4 Å². The van der Waals surface area contributed by atoms with E-state index in [0.717, 1.165) is 18.7 Å². The third kappa shape index (κ3) is 4.80. The molecule has 0 radical (unpaired) electrons. The minimum Gasteiger partial charge on any atom is -0.497 e. The van der Waals surface area contributed by atoms with Gasteiger partial charge in [-0.1, -0.05) is 0 Å². The summed E-state index contributed by atoms with van der Waals surface area (Å²) >= 11 is 0. The van der Waals surface area contributed by atoms with E-state index in [2.05, 4.69) is 10.3 Å². The number of nitrogens with zero attached hydrogens (tertiary/aromatic N) is 2. The molecule has 0 spiro atoms. The van der Waals surface area contributed by atoms with E-state index < -0.39 is 6.10 Å². The Bertz CT molecular complexity index is 567. The van der Waals surface area contributed by atoms with Crippen LogP contribution in [-0.4, -0.2) is 35.2 Å². The van der Waals surface area contributed by atoms with Crippen molar-refractivity contribution >= 4 is 5.91 Å². The second-order valence-corrected chi connectivity index (χ2v) is 4.88. The maximum absolute atomic E-state index is 12.0. The molecule has 118 valence electrons. The van der Waals surface area contributed by atoms with E-state index in [0.29, 0.717) is 12.3 Å². The van der Waals surface area contributed by atoms with Gasteiger partial charge in [0, 0.05) is 25.5 Å². The van der Waals surface area contributed by atoms with Crippen LogP contribution in [0.4, 0.5) is 0 Å². The molecule has 1 atom stereocenters. The van der Waals surface area contributed by atoms with Gasteiger partial charge in [-0.3, -0.25) is 4.79 Å². The Balaban J connectivity index is 1.69. The first-order valence-electron chi connectivity index (χ1n) is 7.23. The molecule has 1 heterocycles. The van der Waals surface area contributed by atoms with Crippen LogP contribution in [0.15, 0.2) is 43.0 Å². The van der Waals surface area contributed by atoms with Gasteiger partial charge in [0.25, 0.3) is 5.91 Å². The molecule has 0 bridgehead atoms. The molecule has 1 aromatic heterocycles. The van der Waals surface area contributed by atoms with Crippen LogP contribution in [0.25, 0.3) is 0 Å². The normalized spacial score (nSPS) is 11.7. The molecule has 22 heavy (non-hydrogen) atoms. The predicted molar refractivity (Wildman–Crippen MR) is 82.9 cm³/mol. The molecule has 0 aliphatic rings. The molecule has 1 aromatic carbocycles. The number of rotatable bonds is 8. The zero-order chi connectivity index (χ0) is 15.8. The lowest BCUT2D eigenvalue weighted by Crippen LogP contribution is -2.37. The SMILES string of the molecule is COc1ccc(OC(C)C(=O)NCCCn2ccnc2)cc1. The lowest BCUT2D eigenvalue weighted by atomic mass is 10.3. The topological polar surface area (TPSA) is 65.4 Å². The van der Waals surface area contributed by atoms with E-state index >= 15 is 0 Å². The summed E-state index contributed by atoms with van der Waals surface area (Å²) in [5, 5.41) is 2.87. The van der Waals surface area contributed by atoms with E-state index in [-0.39, 0.29) is 5.91 Å². The average Bonchev–Trinajstić information content (AvgIpc) is 3.05. The van der Waals surface area contributed by atoms with Crippen LogP contribution in [0.3, 0.4) is 0 Å². The Kier molecular flexibility index (Phi) is 5.82. The Morgan fingerprint density at radius 1 is 1.32 bits per heavy atom. The molecule has 1 N–H and O–H groups in total. The zero-order valence-electron chi connectivity index (χ0n) is 12.9. The van der Waals surface area contributed by atoms with Gasteiger partial charge < -0.3 is 19.4 Å². The van der Waals surface area contributed by atoms with Gasteiger partial charge in [-0.25, -0.2) is 4.98 Å². The molecule has 0 aliphatic heterocycles. The number of carbonyl (C=O) groups is 1. The molecular weight excluding hydrogens is 282 g/mol. The molecule has 0 saturated heterocycles. The van der Waals surface area contributed by atoms with Crippen molar-refractivity contribution in [2.24, 2.45) is 0 Å². The minimum atomic E-state index is -0.540. The van der Waals surface area contributed by atoms with E-state index in [4.69, 9.17) is 9.47 Å². The number of methoxy groups -OCH3 is 1. The van der Waals surface area contributed by atoms with Gasteiger partial charge in [-0.2, -0.15) is 0 Å². The van der Waals surface area contributed by atoms with E-state index in [1.807, 2.05) is 10.8 Å². The van der Waals surface area contributed by atoms with E-state index in [1.165, 1.54) is 0 Å². The second-order valence-electron chi connectivity index (χ2n) is 4.88. The lowest BCUT2D eigenvalue weighted by molar-refractivity contribution is -0.127. The summed E-state index contributed by atoms with van der Waals surface area (Å²) in [7, 11) is 1.61. The van der Waals surface area contributed by atoms with Crippen molar-refractivity contribution in [1.82, 2.24) is 14.9 Å². The van der Waals surface area contributed by atoms with Gasteiger partial charge >= 0.3 is 0 Å². The fraction of sp³-hybridized carbons (Fsp3) is 0.375. The molecular formula is C16H21N3O3. The number of amides is 1. The van der Waals surface area contributed by atoms with Crippen molar-refractivity contribution < 1.29 is 14.3 Å². The highest BCUT2D eigenvalue weighted by molar-refractivity contribution is 5.80. The highest BCUT2D eigenvalue weighted by Gasteiger charge is 2.13. The van der Waals surface area contributed by atoms with Crippen LogP contribution in [0, 0.1) is 0 Å². The fourth-order valence-corrected chi connectivity index (χ4v) is 1.95. The number of nitrogens with one attached hydrogen (secondary N) is 1. The van der Waals surface area contributed by atoms with Crippen molar-refractivity contribution in [3.8, 4) is 11.5 Å². The van der Waals surface area contributed by atoms with E-state index in [9.17, 15) is 4.79 Å². The first-order chi connectivity index (χ1) is 10.7. The summed E-state index contributed by atoms with van der Waals surface area (Å²) in [6.45, 7) is 3.16. The summed E-state index contributed by atoms with van der Waals surface area (Å²) in [5.41, 5.74) is 0. The van der Waals surface area contributed by atoms with Crippen molar-refractivity contribution in [3.63, 3.8) is 0 Å². The van der Waals surface area contributed by atoms with Crippen LogP contribution >= 0.6 is 0 Å². The summed E-state index contributed by atoms with van der Waals surface area (Å²) in [6.07, 6.45) is 5.71. The van der Waals surface area contributed by atoms with Crippen LogP contribution in [0.2, 0.25) is 0 Å². The van der Waals surface area contributed by atoms with Crippen LogP contribution in [0.5, 0.6) is 11.5 Å². The fourth-order valence-electron chi connectivity index (χ4n) is 1.95. The summed E-state index contributed by atoms with van der Waals surface area (Å²) in [6, 6.07) is 7.15. The number of aryl methyl sites for hydroxylation is 1. The zero-order valence-corrected chi connectivity index (χ0v) is 12.9. The quantitative estimate of drug-likeness (QED) is 0.756. The molecule has 2 aromatic rings. The third-order valence-electron chi connectivity index (χ3n) is 3.19. The van der Waals surface area contributed by atoms with Crippen LogP contribution in [0.1, 0.15) is 13.3 Å². The Morgan fingerprint density at radius 2 is 2.05 bits per heavy atom. The van der Waals surface area contributed by atoms with Gasteiger partial charge in [0.1, 0.15) is 11.5 Å². The number of imidazole rings is 1. The summed E-state index contributed by atoms with van der Waals surface area (Å²) < 4.78 is 12.6. The first kappa shape index (κ1) is 15.9. The number of benzene rings is 1. The van der Waals surface area contributed by atoms with Crippen molar-refractivity contribution in [1.29, 1.82) is 0 Å². The Morgan fingerprint density at radius 3 is 2.68 bits per heavy atom. The first-order valence-corrected chi connectivity index (χ1v) is 7.23. The summed E-state index contributed by atoms with van der Waals surface area (Å²) in [4.78, 5) is 15.9. The van der Waals surface area contributed by atoms with Crippen molar-refractivity contribution in [3.05, 3.63) is 43.0 Å². The van der Waals surface area contributed by atoms with Crippen LogP contribution < -0.4 is 14.8 Å².